The summed E-state index contributed by atoms with van der Waals surface area (Å²) in [5.41, 5.74) is 6.61. The van der Waals surface area contributed by atoms with Gasteiger partial charge >= 0.3 is 6.18 Å². The molecule has 6 nitrogen and oxygen atoms in total. The Hall–Kier alpha value is -3.62. The van der Waals surface area contributed by atoms with Crippen molar-refractivity contribution in [1.29, 1.82) is 0 Å². The molecule has 3 aromatic rings. The van der Waals surface area contributed by atoms with E-state index >= 15 is 0 Å². The lowest BCUT2D eigenvalue weighted by Crippen LogP contribution is -2.29. The van der Waals surface area contributed by atoms with Crippen molar-refractivity contribution >= 4 is 17.3 Å². The van der Waals surface area contributed by atoms with E-state index in [1.807, 2.05) is 4.90 Å². The van der Waals surface area contributed by atoms with E-state index in [0.29, 0.717) is 40.9 Å². The van der Waals surface area contributed by atoms with Crippen LogP contribution in [0.15, 0.2) is 67.4 Å². The molecule has 0 amide bonds. The van der Waals surface area contributed by atoms with Crippen LogP contribution in [0.2, 0.25) is 0 Å². The standard InChI is InChI=1S/C23H25F3N6/c1-3-4-5-13-32(16(2)30-21-15-28-11-12-29-21)22-19(27)9-10-20(31-22)17-7-6-8-18(14-17)23(24,25)26/h6-12,14-15H,2-5,13,27H2,1H3,(H,29,30). The van der Waals surface area contributed by atoms with Gasteiger partial charge in [-0.25, -0.2) is 9.97 Å². The van der Waals surface area contributed by atoms with Gasteiger partial charge in [0.15, 0.2) is 5.82 Å². The number of halogens is 3. The number of nitrogen functional groups attached to an aromatic ring is 1. The maximum atomic E-state index is 13.2. The highest BCUT2D eigenvalue weighted by atomic mass is 19.4. The molecular weight excluding hydrogens is 417 g/mol. The predicted molar refractivity (Wildman–Crippen MR) is 121 cm³/mol. The number of rotatable bonds is 9. The van der Waals surface area contributed by atoms with Gasteiger partial charge in [-0.05, 0) is 30.7 Å². The molecule has 168 valence electrons. The van der Waals surface area contributed by atoms with Crippen LogP contribution in [-0.2, 0) is 6.18 Å². The van der Waals surface area contributed by atoms with Gasteiger partial charge < -0.3 is 16.0 Å². The largest absolute Gasteiger partial charge is 0.416 e. The van der Waals surface area contributed by atoms with E-state index in [1.54, 1.807) is 36.8 Å². The summed E-state index contributed by atoms with van der Waals surface area (Å²) in [6, 6.07) is 8.31. The zero-order valence-corrected chi connectivity index (χ0v) is 17.7. The summed E-state index contributed by atoms with van der Waals surface area (Å²) >= 11 is 0. The van der Waals surface area contributed by atoms with E-state index in [4.69, 9.17) is 5.73 Å². The second-order valence-corrected chi connectivity index (χ2v) is 7.21. The van der Waals surface area contributed by atoms with Gasteiger partial charge in [0.05, 0.1) is 23.1 Å². The first-order chi connectivity index (χ1) is 15.3. The third-order valence-corrected chi connectivity index (χ3v) is 4.79. The van der Waals surface area contributed by atoms with Gasteiger partial charge in [0, 0.05) is 24.5 Å². The minimum absolute atomic E-state index is 0.349. The highest BCUT2D eigenvalue weighted by Gasteiger charge is 2.30. The molecule has 1 aromatic carbocycles. The van der Waals surface area contributed by atoms with Gasteiger partial charge in [0.1, 0.15) is 11.6 Å². The monoisotopic (exact) mass is 442 g/mol. The molecule has 3 rings (SSSR count). The molecule has 0 unspecified atom stereocenters. The average molecular weight is 442 g/mol. The fourth-order valence-electron chi connectivity index (χ4n) is 3.16. The van der Waals surface area contributed by atoms with Crippen molar-refractivity contribution in [3.05, 3.63) is 73.0 Å². The summed E-state index contributed by atoms with van der Waals surface area (Å²) in [4.78, 5) is 14.6. The van der Waals surface area contributed by atoms with Crippen molar-refractivity contribution in [2.75, 3.05) is 22.5 Å². The molecule has 0 radical (unpaired) electrons. The smallest absolute Gasteiger partial charge is 0.396 e. The molecular formula is C23H25F3N6. The number of benzene rings is 1. The number of nitrogens with one attached hydrogen (secondary N) is 1. The van der Waals surface area contributed by atoms with Gasteiger partial charge in [0.25, 0.3) is 0 Å². The predicted octanol–water partition coefficient (Wildman–Crippen LogP) is 5.72. The molecule has 0 aliphatic rings. The fourth-order valence-corrected chi connectivity index (χ4v) is 3.16. The van der Waals surface area contributed by atoms with Crippen molar-refractivity contribution in [2.24, 2.45) is 0 Å². The molecule has 2 aromatic heterocycles. The van der Waals surface area contributed by atoms with Crippen molar-refractivity contribution in [1.82, 2.24) is 15.0 Å². The average Bonchev–Trinajstić information content (AvgIpc) is 2.77. The van der Waals surface area contributed by atoms with Crippen LogP contribution in [0.4, 0.5) is 30.5 Å². The zero-order chi connectivity index (χ0) is 23.1. The topological polar surface area (TPSA) is 80.0 Å². The van der Waals surface area contributed by atoms with E-state index in [9.17, 15) is 13.2 Å². The van der Waals surface area contributed by atoms with Gasteiger partial charge in [-0.15, -0.1) is 0 Å². The maximum Gasteiger partial charge on any atom is 0.416 e. The van der Waals surface area contributed by atoms with Gasteiger partial charge in [0.2, 0.25) is 0 Å². The van der Waals surface area contributed by atoms with Crippen molar-refractivity contribution in [3.8, 4) is 11.3 Å². The SMILES string of the molecule is C=C(Nc1cnccn1)N(CCCCC)c1nc(-c2cccc(C(F)(F)F)c2)ccc1N. The maximum absolute atomic E-state index is 13.2. The summed E-state index contributed by atoms with van der Waals surface area (Å²) < 4.78 is 39.5. The molecule has 32 heavy (non-hydrogen) atoms. The van der Waals surface area contributed by atoms with Crippen molar-refractivity contribution in [2.45, 2.75) is 32.4 Å². The Bertz CT molecular complexity index is 1050. The first-order valence-corrected chi connectivity index (χ1v) is 10.2. The lowest BCUT2D eigenvalue weighted by Gasteiger charge is -2.27. The van der Waals surface area contributed by atoms with Crippen LogP contribution in [0.1, 0.15) is 31.7 Å². The van der Waals surface area contributed by atoms with Crippen LogP contribution in [0.25, 0.3) is 11.3 Å². The van der Waals surface area contributed by atoms with Gasteiger partial charge in [-0.1, -0.05) is 38.5 Å². The van der Waals surface area contributed by atoms with Crippen molar-refractivity contribution < 1.29 is 13.2 Å². The number of hydrogen-bond donors (Lipinski definition) is 2. The highest BCUT2D eigenvalue weighted by molar-refractivity contribution is 5.72. The third-order valence-electron chi connectivity index (χ3n) is 4.79. The molecule has 0 spiro atoms. The first-order valence-electron chi connectivity index (χ1n) is 10.2. The summed E-state index contributed by atoms with van der Waals surface area (Å²) in [6.07, 6.45) is 3.10. The van der Waals surface area contributed by atoms with Gasteiger partial charge in [-0.2, -0.15) is 13.2 Å². The van der Waals surface area contributed by atoms with Crippen molar-refractivity contribution in [3.63, 3.8) is 0 Å². The Balaban J connectivity index is 1.96. The molecule has 0 saturated carbocycles. The third kappa shape index (κ3) is 5.75. The van der Waals surface area contributed by atoms with Gasteiger partial charge in [-0.3, -0.25) is 4.98 Å². The van der Waals surface area contributed by atoms with E-state index in [0.717, 1.165) is 31.4 Å². The lowest BCUT2D eigenvalue weighted by atomic mass is 10.1. The molecule has 0 aliphatic heterocycles. The van der Waals surface area contributed by atoms with Crippen LogP contribution < -0.4 is 16.0 Å². The second kappa shape index (κ2) is 10.1. The Morgan fingerprint density at radius 2 is 1.97 bits per heavy atom. The quantitative estimate of drug-likeness (QED) is 0.413. The van der Waals surface area contributed by atoms with Crippen LogP contribution in [0, 0.1) is 0 Å². The molecule has 0 atom stereocenters. The molecule has 0 fully saturated rings. The molecule has 0 saturated heterocycles. The number of nitrogens with zero attached hydrogens (tertiary/aromatic N) is 4. The second-order valence-electron chi connectivity index (χ2n) is 7.21. The van der Waals surface area contributed by atoms with Crippen LogP contribution >= 0.6 is 0 Å². The fraction of sp³-hybridized carbons (Fsp3) is 0.261. The van der Waals surface area contributed by atoms with E-state index in [1.165, 1.54) is 6.07 Å². The van der Waals surface area contributed by atoms with E-state index in [-0.39, 0.29) is 0 Å². The molecule has 9 heteroatoms. The molecule has 2 heterocycles. The summed E-state index contributed by atoms with van der Waals surface area (Å²) in [5.74, 6) is 1.41. The van der Waals surface area contributed by atoms with Crippen LogP contribution in [0.5, 0.6) is 0 Å². The Kier molecular flexibility index (Phi) is 7.29. The van der Waals surface area contributed by atoms with E-state index < -0.39 is 11.7 Å². The summed E-state index contributed by atoms with van der Waals surface area (Å²) in [5, 5.41) is 3.10. The number of nitrogens with two attached hydrogens (primary N) is 1. The molecule has 3 N–H and O–H groups in total. The number of alkyl halides is 3. The van der Waals surface area contributed by atoms with Crippen LogP contribution in [-0.4, -0.2) is 21.5 Å². The lowest BCUT2D eigenvalue weighted by molar-refractivity contribution is -0.137. The first kappa shape index (κ1) is 23.1. The minimum atomic E-state index is -4.44. The Morgan fingerprint density at radius 1 is 1.16 bits per heavy atom. The minimum Gasteiger partial charge on any atom is -0.396 e. The zero-order valence-electron chi connectivity index (χ0n) is 17.7. The van der Waals surface area contributed by atoms with E-state index in [2.05, 4.69) is 33.8 Å². The Morgan fingerprint density at radius 3 is 2.66 bits per heavy atom. The summed E-state index contributed by atoms with van der Waals surface area (Å²) in [7, 11) is 0. The molecule has 0 aliphatic carbocycles. The number of anilines is 3. The normalized spacial score (nSPS) is 11.2. The van der Waals surface area contributed by atoms with Crippen LogP contribution in [0.3, 0.4) is 0 Å². The Labute approximate surface area is 185 Å². The number of unbranched alkanes of at least 4 members (excludes halogenated alkanes) is 2. The summed E-state index contributed by atoms with van der Waals surface area (Å²) in [6.45, 7) is 6.77. The number of pyridine rings is 1. The molecule has 0 bridgehead atoms. The number of hydrogen-bond acceptors (Lipinski definition) is 6. The number of aromatic nitrogens is 3. The highest BCUT2D eigenvalue weighted by Crippen LogP contribution is 2.33.